The second-order valence-corrected chi connectivity index (χ2v) is 5.23. The number of hydrogen-bond acceptors (Lipinski definition) is 0. The minimum absolute atomic E-state index is 0.941. The maximum Gasteiger partial charge on any atom is -0.0353 e. The summed E-state index contributed by atoms with van der Waals surface area (Å²) in [6.45, 7) is 8.46. The first-order chi connectivity index (χ1) is 7.81. The Balaban J connectivity index is 3.10. The fraction of sp³-hybridized carbons (Fsp3) is 0.875. The fourth-order valence-corrected chi connectivity index (χ4v) is 2.20. The molecule has 0 nitrogen and oxygen atoms in total. The Morgan fingerprint density at radius 1 is 0.875 bits per heavy atom. The smallest absolute Gasteiger partial charge is 0.0353 e. The molecule has 1 atom stereocenters. The summed E-state index contributed by atoms with van der Waals surface area (Å²) in [6.07, 6.45) is 17.4. The van der Waals surface area contributed by atoms with Crippen molar-refractivity contribution in [3.63, 3.8) is 0 Å². The highest BCUT2D eigenvalue weighted by Gasteiger charge is 2.01. The van der Waals surface area contributed by atoms with Crippen molar-refractivity contribution in [1.29, 1.82) is 0 Å². The average Bonchev–Trinajstić information content (AvgIpc) is 2.29. The lowest BCUT2D eigenvalue weighted by Gasteiger charge is -2.10. The van der Waals surface area contributed by atoms with Crippen LogP contribution in [0.5, 0.6) is 0 Å². The van der Waals surface area contributed by atoms with Crippen molar-refractivity contribution in [3.05, 3.63) is 12.7 Å². The molecule has 0 aliphatic rings. The molecular formula is C16H32. The van der Waals surface area contributed by atoms with E-state index in [0.29, 0.717) is 0 Å². The molecule has 0 aliphatic carbocycles. The monoisotopic (exact) mass is 224 g/mol. The first-order valence-corrected chi connectivity index (χ1v) is 7.42. The van der Waals surface area contributed by atoms with Gasteiger partial charge in [-0.05, 0) is 18.8 Å². The molecule has 0 N–H and O–H groups in total. The van der Waals surface area contributed by atoms with Crippen LogP contribution in [0.4, 0.5) is 0 Å². The van der Waals surface area contributed by atoms with Crippen molar-refractivity contribution in [2.75, 3.05) is 0 Å². The molecule has 0 bridgehead atoms. The standard InChI is InChI=1S/C16H32/c1-4-6-8-10-11-13-15-16(3)14-12-9-7-5-2/h5,16H,2,4,6-15H2,1,3H3. The summed E-state index contributed by atoms with van der Waals surface area (Å²) in [7, 11) is 0. The highest BCUT2D eigenvalue weighted by atomic mass is 14.1. The zero-order chi connectivity index (χ0) is 12.1. The van der Waals surface area contributed by atoms with E-state index >= 15 is 0 Å². The first-order valence-electron chi connectivity index (χ1n) is 7.42. The van der Waals surface area contributed by atoms with E-state index < -0.39 is 0 Å². The third-order valence-electron chi connectivity index (χ3n) is 3.41. The van der Waals surface area contributed by atoms with Gasteiger partial charge >= 0.3 is 0 Å². The fourth-order valence-electron chi connectivity index (χ4n) is 2.20. The van der Waals surface area contributed by atoms with Crippen LogP contribution < -0.4 is 0 Å². The normalized spacial score (nSPS) is 12.6. The quantitative estimate of drug-likeness (QED) is 0.277. The molecule has 0 amide bonds. The van der Waals surface area contributed by atoms with Crippen LogP contribution in [0.3, 0.4) is 0 Å². The van der Waals surface area contributed by atoms with Crippen molar-refractivity contribution >= 4 is 0 Å². The molecule has 0 aromatic rings. The van der Waals surface area contributed by atoms with E-state index in [4.69, 9.17) is 0 Å². The zero-order valence-electron chi connectivity index (χ0n) is 11.6. The van der Waals surface area contributed by atoms with E-state index in [0.717, 1.165) is 5.92 Å². The third kappa shape index (κ3) is 11.8. The molecular weight excluding hydrogens is 192 g/mol. The lowest BCUT2D eigenvalue weighted by molar-refractivity contribution is 0.438. The van der Waals surface area contributed by atoms with Crippen LogP contribution in [0.15, 0.2) is 12.7 Å². The predicted octanol–water partition coefficient (Wildman–Crippen LogP) is 6.12. The summed E-state index contributed by atoms with van der Waals surface area (Å²) in [5.41, 5.74) is 0. The van der Waals surface area contributed by atoms with Crippen molar-refractivity contribution in [2.24, 2.45) is 5.92 Å². The summed E-state index contributed by atoms with van der Waals surface area (Å²) in [5.74, 6) is 0.941. The summed E-state index contributed by atoms with van der Waals surface area (Å²) in [4.78, 5) is 0. The van der Waals surface area contributed by atoms with Crippen molar-refractivity contribution < 1.29 is 0 Å². The summed E-state index contributed by atoms with van der Waals surface area (Å²) in [5, 5.41) is 0. The summed E-state index contributed by atoms with van der Waals surface area (Å²) in [6, 6.07) is 0. The molecule has 0 heterocycles. The molecule has 0 aromatic carbocycles. The molecule has 0 radical (unpaired) electrons. The SMILES string of the molecule is C=CCCCCC(C)CCCCCCCC. The molecule has 0 fully saturated rings. The Morgan fingerprint density at radius 3 is 2.06 bits per heavy atom. The third-order valence-corrected chi connectivity index (χ3v) is 3.41. The van der Waals surface area contributed by atoms with Crippen molar-refractivity contribution in [1.82, 2.24) is 0 Å². The Bertz CT molecular complexity index is 137. The van der Waals surface area contributed by atoms with E-state index in [1.807, 2.05) is 6.08 Å². The van der Waals surface area contributed by atoms with Gasteiger partial charge < -0.3 is 0 Å². The van der Waals surface area contributed by atoms with Gasteiger partial charge in [-0.3, -0.25) is 0 Å². The summed E-state index contributed by atoms with van der Waals surface area (Å²) >= 11 is 0. The van der Waals surface area contributed by atoms with Gasteiger partial charge in [0.15, 0.2) is 0 Å². The van der Waals surface area contributed by atoms with Gasteiger partial charge in [0, 0.05) is 0 Å². The molecule has 0 saturated carbocycles. The topological polar surface area (TPSA) is 0 Å². The van der Waals surface area contributed by atoms with Gasteiger partial charge in [-0.25, -0.2) is 0 Å². The lowest BCUT2D eigenvalue weighted by Crippen LogP contribution is -1.94. The number of allylic oxidation sites excluding steroid dienone is 1. The number of unbranched alkanes of at least 4 members (excludes halogenated alkanes) is 7. The maximum absolute atomic E-state index is 3.76. The van der Waals surface area contributed by atoms with Gasteiger partial charge in [-0.2, -0.15) is 0 Å². The van der Waals surface area contributed by atoms with Crippen LogP contribution in [0.2, 0.25) is 0 Å². The summed E-state index contributed by atoms with van der Waals surface area (Å²) < 4.78 is 0. The molecule has 96 valence electrons. The van der Waals surface area contributed by atoms with Crippen LogP contribution in [0.25, 0.3) is 0 Å². The van der Waals surface area contributed by atoms with Crippen molar-refractivity contribution in [3.8, 4) is 0 Å². The Hall–Kier alpha value is -0.260. The highest BCUT2D eigenvalue weighted by Crippen LogP contribution is 2.17. The highest BCUT2D eigenvalue weighted by molar-refractivity contribution is 4.66. The maximum atomic E-state index is 3.76. The van der Waals surface area contributed by atoms with E-state index in [1.165, 1.54) is 70.6 Å². The first kappa shape index (κ1) is 15.7. The van der Waals surface area contributed by atoms with E-state index in [2.05, 4.69) is 20.4 Å². The minimum Gasteiger partial charge on any atom is -0.103 e. The Morgan fingerprint density at radius 2 is 1.44 bits per heavy atom. The van der Waals surface area contributed by atoms with Gasteiger partial charge in [0.1, 0.15) is 0 Å². The van der Waals surface area contributed by atoms with Gasteiger partial charge in [0.25, 0.3) is 0 Å². The predicted molar refractivity (Wildman–Crippen MR) is 75.8 cm³/mol. The van der Waals surface area contributed by atoms with Crippen LogP contribution >= 0.6 is 0 Å². The van der Waals surface area contributed by atoms with Gasteiger partial charge in [-0.1, -0.05) is 77.7 Å². The molecule has 0 saturated heterocycles. The largest absolute Gasteiger partial charge is 0.103 e. The van der Waals surface area contributed by atoms with Crippen LogP contribution in [0.1, 0.15) is 84.5 Å². The van der Waals surface area contributed by atoms with Gasteiger partial charge in [0.2, 0.25) is 0 Å². The Labute approximate surface area is 104 Å². The van der Waals surface area contributed by atoms with Crippen LogP contribution in [-0.4, -0.2) is 0 Å². The van der Waals surface area contributed by atoms with Crippen LogP contribution in [0, 0.1) is 5.92 Å². The molecule has 0 heteroatoms. The number of hydrogen-bond donors (Lipinski definition) is 0. The van der Waals surface area contributed by atoms with Crippen molar-refractivity contribution in [2.45, 2.75) is 84.5 Å². The number of rotatable bonds is 12. The molecule has 0 rings (SSSR count). The van der Waals surface area contributed by atoms with E-state index in [9.17, 15) is 0 Å². The second-order valence-electron chi connectivity index (χ2n) is 5.23. The zero-order valence-corrected chi connectivity index (χ0v) is 11.6. The lowest BCUT2D eigenvalue weighted by atomic mass is 9.96. The van der Waals surface area contributed by atoms with E-state index in [1.54, 1.807) is 0 Å². The van der Waals surface area contributed by atoms with Crippen LogP contribution in [-0.2, 0) is 0 Å². The van der Waals surface area contributed by atoms with E-state index in [-0.39, 0.29) is 0 Å². The average molecular weight is 224 g/mol. The molecule has 0 aliphatic heterocycles. The second kappa shape index (κ2) is 12.8. The molecule has 0 aromatic heterocycles. The molecule has 16 heavy (non-hydrogen) atoms. The Kier molecular flexibility index (Phi) is 12.6. The molecule has 0 spiro atoms. The van der Waals surface area contributed by atoms with Gasteiger partial charge in [0.05, 0.1) is 0 Å². The minimum atomic E-state index is 0.941. The van der Waals surface area contributed by atoms with Gasteiger partial charge in [-0.15, -0.1) is 6.58 Å². The molecule has 1 unspecified atom stereocenters.